The van der Waals surface area contributed by atoms with E-state index in [2.05, 4.69) is 38.6 Å². The Morgan fingerprint density at radius 1 is 1.30 bits per heavy atom. The summed E-state index contributed by atoms with van der Waals surface area (Å²) in [6.07, 6.45) is 7.33. The Morgan fingerprint density at radius 3 is 3.04 bits per heavy atom. The Labute approximate surface area is 136 Å². The molecule has 2 heterocycles. The van der Waals surface area contributed by atoms with Crippen LogP contribution in [0, 0.1) is 5.92 Å². The van der Waals surface area contributed by atoms with Crippen LogP contribution in [-0.4, -0.2) is 40.1 Å². The maximum Gasteiger partial charge on any atom is 0.225 e. The van der Waals surface area contributed by atoms with Crippen molar-refractivity contribution in [2.75, 3.05) is 13.1 Å². The van der Waals surface area contributed by atoms with Gasteiger partial charge in [-0.15, -0.1) is 0 Å². The summed E-state index contributed by atoms with van der Waals surface area (Å²) in [5.41, 5.74) is 2.34. The summed E-state index contributed by atoms with van der Waals surface area (Å²) >= 11 is 0. The highest BCUT2D eigenvalue weighted by atomic mass is 16.2. The molecule has 0 unspecified atom stereocenters. The molecule has 1 amide bonds. The number of benzene rings is 1. The molecule has 2 aromatic rings. The van der Waals surface area contributed by atoms with Crippen molar-refractivity contribution in [1.29, 1.82) is 0 Å². The summed E-state index contributed by atoms with van der Waals surface area (Å²) in [6.45, 7) is 2.79. The van der Waals surface area contributed by atoms with Crippen LogP contribution in [0.25, 0.3) is 10.9 Å². The molecule has 1 saturated carbocycles. The van der Waals surface area contributed by atoms with E-state index in [9.17, 15) is 4.79 Å². The molecule has 1 aromatic carbocycles. The minimum Gasteiger partial charge on any atom is -0.342 e. The van der Waals surface area contributed by atoms with E-state index in [1.165, 1.54) is 18.4 Å². The normalized spacial score (nSPS) is 24.6. The Balaban J connectivity index is 1.30. The Kier molecular flexibility index (Phi) is 4.04. The first-order valence-corrected chi connectivity index (χ1v) is 8.74. The SMILES string of the molecule is O=C([C@@H]1CC[C@H](NCc2ccc3cn[nH]c3c2)C1)N1CCCC1. The number of carbonyl (C=O) groups is 1. The molecule has 1 aliphatic carbocycles. The Hall–Kier alpha value is -1.88. The molecule has 0 bridgehead atoms. The van der Waals surface area contributed by atoms with Gasteiger partial charge in [-0.25, -0.2) is 0 Å². The lowest BCUT2D eigenvalue weighted by atomic mass is 10.1. The monoisotopic (exact) mass is 312 g/mol. The number of aromatic nitrogens is 2. The second-order valence-electron chi connectivity index (χ2n) is 6.91. The maximum absolute atomic E-state index is 12.5. The summed E-state index contributed by atoms with van der Waals surface area (Å²) in [5.74, 6) is 0.631. The lowest BCUT2D eigenvalue weighted by Crippen LogP contribution is -2.34. The van der Waals surface area contributed by atoms with Crippen LogP contribution in [-0.2, 0) is 11.3 Å². The first kappa shape index (κ1) is 14.7. The third kappa shape index (κ3) is 3.11. The fourth-order valence-corrected chi connectivity index (χ4v) is 3.94. The number of aromatic amines is 1. The van der Waals surface area contributed by atoms with Crippen LogP contribution in [0.4, 0.5) is 0 Å². The molecule has 122 valence electrons. The third-order valence-electron chi connectivity index (χ3n) is 5.30. The number of nitrogens with zero attached hydrogens (tertiary/aromatic N) is 2. The molecule has 1 aliphatic heterocycles. The van der Waals surface area contributed by atoms with E-state index < -0.39 is 0 Å². The van der Waals surface area contributed by atoms with E-state index in [1.54, 1.807) is 0 Å². The van der Waals surface area contributed by atoms with Gasteiger partial charge in [0.05, 0.1) is 11.7 Å². The van der Waals surface area contributed by atoms with Crippen LogP contribution in [0.2, 0.25) is 0 Å². The standard InChI is InChI=1S/C18H24N4O/c23-18(22-7-1-2-8-22)14-5-6-16(10-14)19-11-13-3-4-15-12-20-21-17(15)9-13/h3-4,9,12,14,16,19H,1-2,5-8,10-11H2,(H,20,21)/t14-,16+/m1/s1. The molecule has 2 N–H and O–H groups in total. The molecular weight excluding hydrogens is 288 g/mol. The smallest absolute Gasteiger partial charge is 0.225 e. The van der Waals surface area contributed by atoms with Crippen LogP contribution in [0.15, 0.2) is 24.4 Å². The zero-order valence-corrected chi connectivity index (χ0v) is 13.4. The number of hydrogen-bond donors (Lipinski definition) is 2. The highest BCUT2D eigenvalue weighted by Gasteiger charge is 2.33. The highest BCUT2D eigenvalue weighted by Crippen LogP contribution is 2.29. The van der Waals surface area contributed by atoms with E-state index in [-0.39, 0.29) is 5.92 Å². The van der Waals surface area contributed by atoms with Crippen molar-refractivity contribution in [3.8, 4) is 0 Å². The van der Waals surface area contributed by atoms with E-state index in [0.717, 1.165) is 49.8 Å². The summed E-state index contributed by atoms with van der Waals surface area (Å²) in [6, 6.07) is 6.86. The number of nitrogens with one attached hydrogen (secondary N) is 2. The second-order valence-corrected chi connectivity index (χ2v) is 6.91. The maximum atomic E-state index is 12.5. The van der Waals surface area contributed by atoms with E-state index in [0.29, 0.717) is 11.9 Å². The van der Waals surface area contributed by atoms with Gasteiger partial charge in [0.25, 0.3) is 0 Å². The van der Waals surface area contributed by atoms with Gasteiger partial charge in [-0.2, -0.15) is 5.10 Å². The van der Waals surface area contributed by atoms with Crippen LogP contribution < -0.4 is 5.32 Å². The van der Waals surface area contributed by atoms with Crippen molar-refractivity contribution >= 4 is 16.8 Å². The van der Waals surface area contributed by atoms with Gasteiger partial charge in [-0.05, 0) is 43.7 Å². The van der Waals surface area contributed by atoms with Gasteiger partial charge < -0.3 is 10.2 Å². The van der Waals surface area contributed by atoms with Crippen molar-refractivity contribution in [2.45, 2.75) is 44.7 Å². The van der Waals surface area contributed by atoms with Gasteiger partial charge in [0.15, 0.2) is 0 Å². The lowest BCUT2D eigenvalue weighted by Gasteiger charge is -2.20. The van der Waals surface area contributed by atoms with Gasteiger partial charge in [-0.1, -0.05) is 12.1 Å². The lowest BCUT2D eigenvalue weighted by molar-refractivity contribution is -0.134. The zero-order valence-electron chi connectivity index (χ0n) is 13.4. The van der Waals surface area contributed by atoms with E-state index in [4.69, 9.17) is 0 Å². The van der Waals surface area contributed by atoms with Crippen LogP contribution in [0.5, 0.6) is 0 Å². The van der Waals surface area contributed by atoms with Crippen molar-refractivity contribution in [3.63, 3.8) is 0 Å². The van der Waals surface area contributed by atoms with Crippen LogP contribution >= 0.6 is 0 Å². The average molecular weight is 312 g/mol. The van der Waals surface area contributed by atoms with Gasteiger partial charge in [0, 0.05) is 37.0 Å². The van der Waals surface area contributed by atoms with Gasteiger partial charge in [-0.3, -0.25) is 9.89 Å². The number of hydrogen-bond acceptors (Lipinski definition) is 3. The minimum atomic E-state index is 0.237. The molecule has 23 heavy (non-hydrogen) atoms. The summed E-state index contributed by atoms with van der Waals surface area (Å²) in [5, 5.41) is 11.8. The average Bonchev–Trinajstić information content (AvgIpc) is 3.32. The summed E-state index contributed by atoms with van der Waals surface area (Å²) in [4.78, 5) is 14.5. The van der Waals surface area contributed by atoms with Crippen molar-refractivity contribution in [1.82, 2.24) is 20.4 Å². The van der Waals surface area contributed by atoms with Crippen molar-refractivity contribution in [3.05, 3.63) is 30.0 Å². The molecule has 0 radical (unpaired) electrons. The molecular formula is C18H24N4O. The molecule has 5 heteroatoms. The topological polar surface area (TPSA) is 61.0 Å². The van der Waals surface area contributed by atoms with Gasteiger partial charge in [0.1, 0.15) is 0 Å². The quantitative estimate of drug-likeness (QED) is 0.911. The molecule has 4 rings (SSSR count). The van der Waals surface area contributed by atoms with Crippen molar-refractivity contribution in [2.24, 2.45) is 5.92 Å². The zero-order chi connectivity index (χ0) is 15.6. The molecule has 5 nitrogen and oxygen atoms in total. The van der Waals surface area contributed by atoms with E-state index >= 15 is 0 Å². The van der Waals surface area contributed by atoms with E-state index in [1.807, 2.05) is 6.20 Å². The fourth-order valence-electron chi connectivity index (χ4n) is 3.94. The van der Waals surface area contributed by atoms with Crippen molar-refractivity contribution < 1.29 is 4.79 Å². The predicted molar refractivity (Wildman–Crippen MR) is 89.9 cm³/mol. The number of fused-ring (bicyclic) bond motifs is 1. The predicted octanol–water partition coefficient (Wildman–Crippen LogP) is 2.44. The number of likely N-dealkylation sites (tertiary alicyclic amines) is 1. The minimum absolute atomic E-state index is 0.237. The summed E-state index contributed by atoms with van der Waals surface area (Å²) in [7, 11) is 0. The number of amides is 1. The number of carbonyl (C=O) groups excluding carboxylic acids is 1. The van der Waals surface area contributed by atoms with Gasteiger partial charge >= 0.3 is 0 Å². The molecule has 0 spiro atoms. The first-order valence-electron chi connectivity index (χ1n) is 8.74. The summed E-state index contributed by atoms with van der Waals surface area (Å²) < 4.78 is 0. The van der Waals surface area contributed by atoms with Crippen LogP contribution in [0.1, 0.15) is 37.7 Å². The highest BCUT2D eigenvalue weighted by molar-refractivity contribution is 5.79. The van der Waals surface area contributed by atoms with Crippen LogP contribution in [0.3, 0.4) is 0 Å². The molecule has 2 fully saturated rings. The second kappa shape index (κ2) is 6.32. The molecule has 1 aromatic heterocycles. The van der Waals surface area contributed by atoms with Gasteiger partial charge in [0.2, 0.25) is 5.91 Å². The largest absolute Gasteiger partial charge is 0.342 e. The molecule has 2 aliphatic rings. The number of H-pyrrole nitrogens is 1. The third-order valence-corrected chi connectivity index (χ3v) is 5.30. The fraction of sp³-hybridized carbons (Fsp3) is 0.556. The molecule has 1 saturated heterocycles. The number of rotatable bonds is 4. The molecule has 2 atom stereocenters. The Bertz CT molecular complexity index is 689. The first-order chi connectivity index (χ1) is 11.3. The Morgan fingerprint density at radius 2 is 2.17 bits per heavy atom.